The van der Waals surface area contributed by atoms with E-state index < -0.39 is 42.2 Å². The van der Waals surface area contributed by atoms with Crippen molar-refractivity contribution in [2.75, 3.05) is 0 Å². The van der Waals surface area contributed by atoms with Crippen molar-refractivity contribution in [1.29, 1.82) is 0 Å². The summed E-state index contributed by atoms with van der Waals surface area (Å²) in [5.41, 5.74) is -1.74. The predicted octanol–water partition coefficient (Wildman–Crippen LogP) is 2.94. The van der Waals surface area contributed by atoms with Gasteiger partial charge in [-0.2, -0.15) is 26.3 Å². The van der Waals surface area contributed by atoms with Crippen molar-refractivity contribution in [2.24, 2.45) is 0 Å². The maximum Gasteiger partial charge on any atom is 0.433 e. The second kappa shape index (κ2) is 5.94. The van der Waals surface area contributed by atoms with Gasteiger partial charge in [-0.25, -0.2) is 4.89 Å². The summed E-state index contributed by atoms with van der Waals surface area (Å²) in [6, 6.07) is 1.38. The van der Waals surface area contributed by atoms with Crippen LogP contribution in [-0.2, 0) is 11.1 Å². The number of pyridine rings is 1. The molecule has 1 heterocycles. The predicted molar refractivity (Wildman–Crippen MR) is 52.4 cm³/mol. The van der Waals surface area contributed by atoms with Crippen LogP contribution in [0.1, 0.15) is 23.8 Å². The second-order valence-corrected chi connectivity index (χ2v) is 3.86. The zero-order valence-corrected chi connectivity index (χ0v) is 9.61. The molecule has 1 aromatic rings. The highest BCUT2D eigenvalue weighted by atomic mass is 19.4. The molecule has 1 rings (SSSR count). The van der Waals surface area contributed by atoms with Crippen LogP contribution in [0.15, 0.2) is 18.3 Å². The van der Waals surface area contributed by atoms with Crippen molar-refractivity contribution < 1.29 is 41.6 Å². The summed E-state index contributed by atoms with van der Waals surface area (Å²) < 4.78 is 73.6. The van der Waals surface area contributed by atoms with Gasteiger partial charge in [-0.1, -0.05) is 0 Å². The summed E-state index contributed by atoms with van der Waals surface area (Å²) in [6.45, 7) is 0. The number of aromatic nitrogens is 1. The van der Waals surface area contributed by atoms with Gasteiger partial charge in [-0.3, -0.25) is 10.2 Å². The Morgan fingerprint density at radius 1 is 1.20 bits per heavy atom. The summed E-state index contributed by atoms with van der Waals surface area (Å²) in [5, 5.41) is 17.3. The first kappa shape index (κ1) is 16.7. The minimum Gasteiger partial charge on any atom is -0.384 e. The zero-order valence-electron chi connectivity index (χ0n) is 9.61. The Balaban J connectivity index is 2.96. The zero-order chi connectivity index (χ0) is 15.6. The first-order chi connectivity index (χ1) is 9.05. The number of nitrogens with zero attached hydrogens (tertiary/aromatic N) is 1. The summed E-state index contributed by atoms with van der Waals surface area (Å²) in [7, 11) is 0. The van der Waals surface area contributed by atoms with Crippen molar-refractivity contribution >= 4 is 0 Å². The molecular weight excluding hydrogens is 296 g/mol. The van der Waals surface area contributed by atoms with Crippen LogP contribution in [0, 0.1) is 0 Å². The fourth-order valence-electron chi connectivity index (χ4n) is 1.38. The van der Waals surface area contributed by atoms with Crippen LogP contribution < -0.4 is 0 Å². The Labute approximate surface area is 108 Å². The van der Waals surface area contributed by atoms with E-state index in [0.29, 0.717) is 12.3 Å². The van der Waals surface area contributed by atoms with Crippen LogP contribution in [0.4, 0.5) is 26.3 Å². The minimum absolute atomic E-state index is 0.391. The number of rotatable bonds is 4. The molecule has 0 aliphatic carbocycles. The molecule has 10 heteroatoms. The van der Waals surface area contributed by atoms with Crippen LogP contribution in [0.2, 0.25) is 0 Å². The molecule has 0 saturated carbocycles. The maximum absolute atomic E-state index is 12.4. The monoisotopic (exact) mass is 305 g/mol. The summed E-state index contributed by atoms with van der Waals surface area (Å²) in [4.78, 5) is 6.72. The Morgan fingerprint density at radius 3 is 2.25 bits per heavy atom. The molecule has 4 nitrogen and oxygen atoms in total. The van der Waals surface area contributed by atoms with E-state index in [0.717, 1.165) is 6.07 Å². The molecule has 0 aliphatic rings. The topological polar surface area (TPSA) is 62.6 Å². The highest BCUT2D eigenvalue weighted by Crippen LogP contribution is 2.33. The smallest absolute Gasteiger partial charge is 0.384 e. The number of aliphatic hydroxyl groups is 1. The lowest BCUT2D eigenvalue weighted by atomic mass is 10.0. The first-order valence-corrected chi connectivity index (χ1v) is 5.14. The number of alkyl halides is 6. The number of aliphatic hydroxyl groups excluding tert-OH is 1. The van der Waals surface area contributed by atoms with Crippen LogP contribution in [0.3, 0.4) is 0 Å². The molecule has 0 spiro atoms. The number of halogens is 6. The van der Waals surface area contributed by atoms with Gasteiger partial charge in [0.25, 0.3) is 0 Å². The summed E-state index contributed by atoms with van der Waals surface area (Å²) in [6.07, 6.45) is -14.8. The number of hydrogen-bond donors (Lipinski definition) is 2. The SMILES string of the molecule is OOC(CC(O)C(F)(F)F)c1ccnc(C(F)(F)F)c1. The van der Waals surface area contributed by atoms with Gasteiger partial charge in [0.1, 0.15) is 11.8 Å². The van der Waals surface area contributed by atoms with E-state index in [1.54, 1.807) is 0 Å². The van der Waals surface area contributed by atoms with Gasteiger partial charge in [0.15, 0.2) is 6.10 Å². The van der Waals surface area contributed by atoms with Gasteiger partial charge in [0.2, 0.25) is 0 Å². The highest BCUT2D eigenvalue weighted by molar-refractivity contribution is 5.21. The average Bonchev–Trinajstić information content (AvgIpc) is 2.33. The average molecular weight is 305 g/mol. The third kappa shape index (κ3) is 4.32. The normalized spacial score (nSPS) is 16.0. The van der Waals surface area contributed by atoms with Crippen molar-refractivity contribution in [2.45, 2.75) is 31.0 Å². The van der Waals surface area contributed by atoms with E-state index in [-0.39, 0.29) is 0 Å². The van der Waals surface area contributed by atoms with Gasteiger partial charge in [-0.05, 0) is 17.7 Å². The van der Waals surface area contributed by atoms with E-state index in [2.05, 4.69) is 9.87 Å². The Morgan fingerprint density at radius 2 is 1.80 bits per heavy atom. The van der Waals surface area contributed by atoms with Crippen molar-refractivity contribution in [3.8, 4) is 0 Å². The molecule has 0 aromatic carbocycles. The molecule has 0 saturated heterocycles. The molecule has 0 amide bonds. The largest absolute Gasteiger partial charge is 0.433 e. The second-order valence-electron chi connectivity index (χ2n) is 3.86. The molecule has 20 heavy (non-hydrogen) atoms. The van der Waals surface area contributed by atoms with Gasteiger partial charge in [-0.15, -0.1) is 0 Å². The molecular formula is C10H9F6NO3. The molecule has 1 aromatic heterocycles. The highest BCUT2D eigenvalue weighted by Gasteiger charge is 2.40. The maximum atomic E-state index is 12.4. The standard InChI is InChI=1S/C10H9F6NO3/c11-9(12,13)7-3-5(1-2-17-7)6(20-19)4-8(18)10(14,15)16/h1-3,6,8,18-19H,4H2. The lowest BCUT2D eigenvalue weighted by Gasteiger charge is -2.20. The third-order valence-electron chi connectivity index (χ3n) is 2.39. The van der Waals surface area contributed by atoms with Crippen LogP contribution in [-0.4, -0.2) is 27.6 Å². The van der Waals surface area contributed by atoms with Crippen LogP contribution in [0.25, 0.3) is 0 Å². The lowest BCUT2D eigenvalue weighted by Crippen LogP contribution is -2.30. The Bertz CT molecular complexity index is 447. The lowest BCUT2D eigenvalue weighted by molar-refractivity contribution is -0.297. The van der Waals surface area contributed by atoms with Gasteiger partial charge >= 0.3 is 12.4 Å². The van der Waals surface area contributed by atoms with E-state index in [9.17, 15) is 26.3 Å². The Hall–Kier alpha value is -1.39. The Kier molecular flexibility index (Phi) is 4.95. The van der Waals surface area contributed by atoms with Gasteiger partial charge < -0.3 is 5.11 Å². The van der Waals surface area contributed by atoms with Gasteiger partial charge in [0, 0.05) is 12.6 Å². The van der Waals surface area contributed by atoms with Crippen molar-refractivity contribution in [3.63, 3.8) is 0 Å². The van der Waals surface area contributed by atoms with Crippen LogP contribution >= 0.6 is 0 Å². The summed E-state index contributed by atoms with van der Waals surface area (Å²) in [5.74, 6) is 0. The number of hydrogen-bond acceptors (Lipinski definition) is 4. The molecule has 0 fully saturated rings. The van der Waals surface area contributed by atoms with Crippen molar-refractivity contribution in [1.82, 2.24) is 4.98 Å². The third-order valence-corrected chi connectivity index (χ3v) is 2.39. The molecule has 2 N–H and O–H groups in total. The van der Waals surface area contributed by atoms with E-state index in [1.807, 2.05) is 0 Å². The first-order valence-electron chi connectivity index (χ1n) is 5.14. The van der Waals surface area contributed by atoms with Crippen LogP contribution in [0.5, 0.6) is 0 Å². The quantitative estimate of drug-likeness (QED) is 0.510. The molecule has 2 atom stereocenters. The van der Waals surface area contributed by atoms with Crippen molar-refractivity contribution in [3.05, 3.63) is 29.6 Å². The molecule has 2 unspecified atom stereocenters. The van der Waals surface area contributed by atoms with Gasteiger partial charge in [0.05, 0.1) is 0 Å². The summed E-state index contributed by atoms with van der Waals surface area (Å²) >= 11 is 0. The fraction of sp³-hybridized carbons (Fsp3) is 0.500. The van der Waals surface area contributed by atoms with E-state index >= 15 is 0 Å². The van der Waals surface area contributed by atoms with E-state index in [1.165, 1.54) is 0 Å². The molecule has 0 radical (unpaired) electrons. The molecule has 114 valence electrons. The van der Waals surface area contributed by atoms with E-state index in [4.69, 9.17) is 10.4 Å². The fourth-order valence-corrected chi connectivity index (χ4v) is 1.38. The molecule has 0 aliphatic heterocycles. The molecule has 0 bridgehead atoms. The minimum atomic E-state index is -4.98.